The Morgan fingerprint density at radius 2 is 1.77 bits per heavy atom. The number of aromatic nitrogens is 1. The average molecular weight is 480 g/mol. The zero-order valence-electron chi connectivity index (χ0n) is 19.4. The number of carbonyl (C=O) groups excluding carboxylic acids is 2. The zero-order valence-corrected chi connectivity index (χ0v) is 19.4. The molecule has 2 heterocycles. The van der Waals surface area contributed by atoms with Gasteiger partial charge in [-0.2, -0.15) is 0 Å². The summed E-state index contributed by atoms with van der Waals surface area (Å²) in [7, 11) is 2.86. The Morgan fingerprint density at radius 1 is 0.971 bits per heavy atom. The van der Waals surface area contributed by atoms with E-state index in [9.17, 15) is 9.59 Å². The van der Waals surface area contributed by atoms with Crippen LogP contribution < -0.4 is 24.3 Å². The normalized spacial score (nSPS) is 12.5. The molecule has 0 bridgehead atoms. The molecule has 2 aromatic carbocycles. The van der Waals surface area contributed by atoms with Gasteiger partial charge in [-0.15, -0.1) is 0 Å². The first-order valence-electron chi connectivity index (χ1n) is 10.7. The van der Waals surface area contributed by atoms with E-state index in [2.05, 4.69) is 15.0 Å². The first-order valence-corrected chi connectivity index (χ1v) is 10.7. The molecule has 0 spiro atoms. The Bertz CT molecular complexity index is 1210. The molecule has 0 saturated heterocycles. The molecule has 1 aliphatic heterocycles. The van der Waals surface area contributed by atoms with E-state index in [1.54, 1.807) is 43.5 Å². The molecule has 10 heteroatoms. The number of anilines is 1. The van der Waals surface area contributed by atoms with Gasteiger partial charge in [-0.3, -0.25) is 4.79 Å². The van der Waals surface area contributed by atoms with Crippen LogP contribution in [0.25, 0.3) is 0 Å². The van der Waals surface area contributed by atoms with Crippen LogP contribution in [0.1, 0.15) is 27.6 Å². The number of hydrogen-bond acceptors (Lipinski definition) is 9. The summed E-state index contributed by atoms with van der Waals surface area (Å²) in [6.45, 7) is 2.37. The summed E-state index contributed by atoms with van der Waals surface area (Å²) in [5.74, 6) is 1.82. The van der Waals surface area contributed by atoms with Crippen molar-refractivity contribution in [3.05, 3.63) is 65.9 Å². The molecule has 1 aromatic heterocycles. The summed E-state index contributed by atoms with van der Waals surface area (Å²) in [5, 5.41) is 2.70. The van der Waals surface area contributed by atoms with Gasteiger partial charge in [-0.05, 0) is 43.3 Å². The third-order valence-corrected chi connectivity index (χ3v) is 4.89. The van der Waals surface area contributed by atoms with Crippen molar-refractivity contribution < 1.29 is 38.0 Å². The number of hydrogen-bond donors (Lipinski definition) is 1. The van der Waals surface area contributed by atoms with E-state index >= 15 is 0 Å². The van der Waals surface area contributed by atoms with Gasteiger partial charge in [0.25, 0.3) is 5.91 Å². The number of nitrogens with one attached hydrogen (secondary N) is 1. The lowest BCUT2D eigenvalue weighted by Gasteiger charge is -2.16. The molecule has 1 atom stereocenters. The van der Waals surface area contributed by atoms with E-state index in [4.69, 9.17) is 23.7 Å². The second kappa shape index (κ2) is 10.7. The molecule has 35 heavy (non-hydrogen) atoms. The molecule has 10 nitrogen and oxygen atoms in total. The average Bonchev–Trinajstić information content (AvgIpc) is 3.32. The predicted molar refractivity (Wildman–Crippen MR) is 125 cm³/mol. The van der Waals surface area contributed by atoms with Crippen molar-refractivity contribution in [2.75, 3.05) is 32.9 Å². The standard InChI is InChI=1S/C25H24N2O8/c1-15(13-30-2)34-19-8-17(24(28)27-23-7-4-16(12-26-23)25(29)31-3)9-20(10-19)35-18-5-6-21-22(11-18)33-14-32-21/h4-12,15H,13-14H2,1-3H3,(H,26,27,28)/t15-/m0/s1. The van der Waals surface area contributed by atoms with Crippen molar-refractivity contribution in [2.24, 2.45) is 0 Å². The van der Waals surface area contributed by atoms with Gasteiger partial charge in [0, 0.05) is 31.0 Å². The number of carbonyl (C=O) groups is 2. The Hall–Kier alpha value is -4.31. The second-order valence-electron chi connectivity index (χ2n) is 7.57. The molecule has 1 aliphatic rings. The molecule has 0 saturated carbocycles. The maximum atomic E-state index is 13.0. The van der Waals surface area contributed by atoms with Gasteiger partial charge in [0.15, 0.2) is 11.5 Å². The predicted octanol–water partition coefficient (Wildman–Crippen LogP) is 4.06. The minimum atomic E-state index is -0.518. The molecule has 0 unspecified atom stereocenters. The molecule has 182 valence electrons. The van der Waals surface area contributed by atoms with Gasteiger partial charge in [0.05, 0.1) is 19.3 Å². The first kappa shape index (κ1) is 23.8. The molecule has 1 N–H and O–H groups in total. The Morgan fingerprint density at radius 3 is 2.51 bits per heavy atom. The van der Waals surface area contributed by atoms with Crippen LogP contribution in [0.15, 0.2) is 54.7 Å². The fourth-order valence-corrected chi connectivity index (χ4v) is 3.30. The zero-order chi connectivity index (χ0) is 24.8. The second-order valence-corrected chi connectivity index (χ2v) is 7.57. The quantitative estimate of drug-likeness (QED) is 0.453. The van der Waals surface area contributed by atoms with Gasteiger partial charge in [-0.25, -0.2) is 9.78 Å². The molecule has 1 amide bonds. The van der Waals surface area contributed by atoms with Crippen LogP contribution in [-0.2, 0) is 9.47 Å². The number of rotatable bonds is 9. The lowest BCUT2D eigenvalue weighted by Crippen LogP contribution is -2.19. The molecular weight excluding hydrogens is 456 g/mol. The monoisotopic (exact) mass is 480 g/mol. The van der Waals surface area contributed by atoms with Gasteiger partial charge in [0.2, 0.25) is 6.79 Å². The minimum absolute atomic E-state index is 0.151. The van der Waals surface area contributed by atoms with Crippen molar-refractivity contribution >= 4 is 17.7 Å². The lowest BCUT2D eigenvalue weighted by molar-refractivity contribution is 0.0600. The summed E-state index contributed by atoms with van der Waals surface area (Å²) in [6, 6.07) is 13.1. The van der Waals surface area contributed by atoms with Gasteiger partial charge < -0.3 is 33.7 Å². The van der Waals surface area contributed by atoms with E-state index in [-0.39, 0.29) is 29.8 Å². The number of methoxy groups -OCH3 is 2. The van der Waals surface area contributed by atoms with Crippen molar-refractivity contribution in [3.8, 4) is 28.7 Å². The lowest BCUT2D eigenvalue weighted by atomic mass is 10.1. The molecule has 3 aromatic rings. The van der Waals surface area contributed by atoms with E-state index in [0.717, 1.165) is 0 Å². The van der Waals surface area contributed by atoms with E-state index in [1.807, 2.05) is 6.92 Å². The van der Waals surface area contributed by atoms with E-state index < -0.39 is 11.9 Å². The van der Waals surface area contributed by atoms with Gasteiger partial charge in [0.1, 0.15) is 29.2 Å². The van der Waals surface area contributed by atoms with Gasteiger partial charge in [-0.1, -0.05) is 0 Å². The number of benzene rings is 2. The topological polar surface area (TPSA) is 114 Å². The van der Waals surface area contributed by atoms with Crippen LogP contribution >= 0.6 is 0 Å². The van der Waals surface area contributed by atoms with Crippen LogP contribution in [0.2, 0.25) is 0 Å². The third kappa shape index (κ3) is 5.98. The van der Waals surface area contributed by atoms with Crippen LogP contribution in [0, 0.1) is 0 Å². The number of nitrogens with zero attached hydrogens (tertiary/aromatic N) is 1. The number of pyridine rings is 1. The van der Waals surface area contributed by atoms with E-state index in [1.165, 1.54) is 25.4 Å². The maximum absolute atomic E-state index is 13.0. The number of ether oxygens (including phenoxy) is 6. The Kier molecular flexibility index (Phi) is 7.32. The first-order chi connectivity index (χ1) is 16.9. The number of esters is 1. The summed E-state index contributed by atoms with van der Waals surface area (Å²) >= 11 is 0. The highest BCUT2D eigenvalue weighted by Crippen LogP contribution is 2.37. The molecule has 0 radical (unpaired) electrons. The van der Waals surface area contributed by atoms with Crippen molar-refractivity contribution in [1.29, 1.82) is 0 Å². The fourth-order valence-electron chi connectivity index (χ4n) is 3.30. The van der Waals surface area contributed by atoms with Crippen molar-refractivity contribution in [1.82, 2.24) is 4.98 Å². The number of amides is 1. The summed E-state index contributed by atoms with van der Waals surface area (Å²) in [4.78, 5) is 28.7. The third-order valence-electron chi connectivity index (χ3n) is 4.89. The van der Waals surface area contributed by atoms with Crippen LogP contribution in [0.5, 0.6) is 28.7 Å². The highest BCUT2D eigenvalue weighted by atomic mass is 16.7. The van der Waals surface area contributed by atoms with E-state index in [0.29, 0.717) is 35.4 Å². The molecule has 4 rings (SSSR count). The minimum Gasteiger partial charge on any atom is -0.488 e. The van der Waals surface area contributed by atoms with Crippen LogP contribution in [0.4, 0.5) is 5.82 Å². The van der Waals surface area contributed by atoms with Crippen LogP contribution in [-0.4, -0.2) is 50.6 Å². The van der Waals surface area contributed by atoms with Crippen LogP contribution in [0.3, 0.4) is 0 Å². The van der Waals surface area contributed by atoms with Gasteiger partial charge >= 0.3 is 5.97 Å². The number of fused-ring (bicyclic) bond motifs is 1. The smallest absolute Gasteiger partial charge is 0.339 e. The molecular formula is C25H24N2O8. The highest BCUT2D eigenvalue weighted by molar-refractivity contribution is 6.04. The Balaban J connectivity index is 1.57. The fraction of sp³-hybridized carbons (Fsp3) is 0.240. The molecule has 0 fully saturated rings. The maximum Gasteiger partial charge on any atom is 0.339 e. The highest BCUT2D eigenvalue weighted by Gasteiger charge is 2.17. The Labute approximate surface area is 201 Å². The van der Waals surface area contributed by atoms with Crippen molar-refractivity contribution in [2.45, 2.75) is 13.0 Å². The molecule has 0 aliphatic carbocycles. The largest absolute Gasteiger partial charge is 0.488 e. The van der Waals surface area contributed by atoms with Crippen molar-refractivity contribution in [3.63, 3.8) is 0 Å². The summed E-state index contributed by atoms with van der Waals surface area (Å²) in [6.07, 6.45) is 1.06. The summed E-state index contributed by atoms with van der Waals surface area (Å²) < 4.78 is 32.4. The SMILES string of the molecule is COC[C@H](C)Oc1cc(Oc2ccc3c(c2)OCO3)cc(C(=O)Nc2ccc(C(=O)OC)cn2)c1. The summed E-state index contributed by atoms with van der Waals surface area (Å²) in [5.41, 5.74) is 0.550.